The second-order valence-electron chi connectivity index (χ2n) is 4.53. The Bertz CT molecular complexity index is 631. The molecule has 0 unspecified atom stereocenters. The molecule has 0 radical (unpaired) electrons. The van der Waals surface area contributed by atoms with Gasteiger partial charge < -0.3 is 16.4 Å². The maximum absolute atomic E-state index is 11.7. The van der Waals surface area contributed by atoms with Crippen molar-refractivity contribution in [3.05, 3.63) is 24.3 Å². The Balaban J connectivity index is 2.64. The highest BCUT2D eigenvalue weighted by molar-refractivity contribution is 7.92. The van der Waals surface area contributed by atoms with Gasteiger partial charge in [-0.25, -0.2) is 8.42 Å². The van der Waals surface area contributed by atoms with Gasteiger partial charge in [-0.2, -0.15) is 0 Å². The molecule has 1 aromatic carbocycles. The molecular formula is C13H20N4O4S. The molecule has 2 amide bonds. The van der Waals surface area contributed by atoms with Crippen LogP contribution in [0.3, 0.4) is 0 Å². The van der Waals surface area contributed by atoms with Crippen LogP contribution in [0.1, 0.15) is 13.3 Å². The zero-order valence-electron chi connectivity index (χ0n) is 12.3. The molecule has 0 bridgehead atoms. The summed E-state index contributed by atoms with van der Waals surface area (Å²) >= 11 is 0. The van der Waals surface area contributed by atoms with E-state index in [4.69, 9.17) is 5.73 Å². The predicted molar refractivity (Wildman–Crippen MR) is 84.8 cm³/mol. The maximum atomic E-state index is 11.7. The van der Waals surface area contributed by atoms with Gasteiger partial charge >= 0.3 is 0 Å². The average Bonchev–Trinajstić information content (AvgIpc) is 2.44. The topological polar surface area (TPSA) is 130 Å². The highest BCUT2D eigenvalue weighted by Crippen LogP contribution is 2.16. The standard InChI is InChI=1S/C13H20N4O4S/c1-2-6-22(20,21)17-11-5-3-4-10(7-11)16-13(19)9-15-12(18)8-14/h3-5,7,17H,2,6,8-9,14H2,1H3,(H,15,18)(H,16,19). The van der Waals surface area contributed by atoms with Crippen LogP contribution in [0.25, 0.3) is 0 Å². The molecule has 5 N–H and O–H groups in total. The van der Waals surface area contributed by atoms with E-state index >= 15 is 0 Å². The van der Waals surface area contributed by atoms with Crippen LogP contribution >= 0.6 is 0 Å². The van der Waals surface area contributed by atoms with Gasteiger partial charge in [0, 0.05) is 5.69 Å². The summed E-state index contributed by atoms with van der Waals surface area (Å²) in [7, 11) is -3.39. The van der Waals surface area contributed by atoms with E-state index in [1.54, 1.807) is 25.1 Å². The number of sulfonamides is 1. The van der Waals surface area contributed by atoms with Gasteiger partial charge in [-0.1, -0.05) is 13.0 Å². The minimum Gasteiger partial charge on any atom is -0.346 e. The van der Waals surface area contributed by atoms with Crippen molar-refractivity contribution in [2.45, 2.75) is 13.3 Å². The van der Waals surface area contributed by atoms with E-state index in [2.05, 4.69) is 15.4 Å². The van der Waals surface area contributed by atoms with Crippen LogP contribution in [-0.2, 0) is 19.6 Å². The van der Waals surface area contributed by atoms with Crippen molar-refractivity contribution < 1.29 is 18.0 Å². The normalized spacial score (nSPS) is 10.8. The summed E-state index contributed by atoms with van der Waals surface area (Å²) < 4.78 is 25.8. The van der Waals surface area contributed by atoms with Crippen LogP contribution < -0.4 is 21.1 Å². The van der Waals surface area contributed by atoms with Crippen molar-refractivity contribution in [3.63, 3.8) is 0 Å². The first-order chi connectivity index (χ1) is 10.4. The molecule has 1 rings (SSSR count). The van der Waals surface area contributed by atoms with Gasteiger partial charge in [-0.15, -0.1) is 0 Å². The van der Waals surface area contributed by atoms with Gasteiger partial charge in [-0.3, -0.25) is 14.3 Å². The summed E-state index contributed by atoms with van der Waals surface area (Å²) in [6, 6.07) is 6.30. The first kappa shape index (κ1) is 17.9. The Labute approximate surface area is 129 Å². The molecule has 9 heteroatoms. The fourth-order valence-electron chi connectivity index (χ4n) is 1.62. The SMILES string of the molecule is CCCS(=O)(=O)Nc1cccc(NC(=O)CNC(=O)CN)c1. The van der Waals surface area contributed by atoms with E-state index < -0.39 is 21.8 Å². The summed E-state index contributed by atoms with van der Waals surface area (Å²) in [6.07, 6.45) is 0.507. The van der Waals surface area contributed by atoms with E-state index in [0.29, 0.717) is 17.8 Å². The lowest BCUT2D eigenvalue weighted by atomic mass is 10.3. The fraction of sp³-hybridized carbons (Fsp3) is 0.385. The van der Waals surface area contributed by atoms with Gasteiger partial charge in [0.25, 0.3) is 0 Å². The lowest BCUT2D eigenvalue weighted by Gasteiger charge is -2.10. The number of amides is 2. The van der Waals surface area contributed by atoms with Crippen molar-refractivity contribution >= 4 is 33.2 Å². The van der Waals surface area contributed by atoms with Crippen molar-refractivity contribution in [2.24, 2.45) is 5.73 Å². The van der Waals surface area contributed by atoms with Crippen molar-refractivity contribution in [1.29, 1.82) is 0 Å². The fourth-order valence-corrected chi connectivity index (χ4v) is 2.74. The molecule has 0 atom stereocenters. The summed E-state index contributed by atoms with van der Waals surface area (Å²) in [5.74, 6) is -0.846. The van der Waals surface area contributed by atoms with Crippen LogP contribution in [0.15, 0.2) is 24.3 Å². The summed E-state index contributed by atoms with van der Waals surface area (Å²) in [4.78, 5) is 22.6. The Morgan fingerprint density at radius 3 is 2.50 bits per heavy atom. The monoisotopic (exact) mass is 328 g/mol. The third kappa shape index (κ3) is 6.55. The third-order valence-corrected chi connectivity index (χ3v) is 4.02. The summed E-state index contributed by atoms with van der Waals surface area (Å²) in [6.45, 7) is 1.37. The molecule has 22 heavy (non-hydrogen) atoms. The second kappa shape index (κ2) is 8.35. The number of hydrogen-bond acceptors (Lipinski definition) is 5. The van der Waals surface area contributed by atoms with E-state index in [1.165, 1.54) is 6.07 Å². The first-order valence-corrected chi connectivity index (χ1v) is 8.38. The molecule has 122 valence electrons. The van der Waals surface area contributed by atoms with Gasteiger partial charge in [0.05, 0.1) is 24.5 Å². The molecule has 0 aliphatic rings. The van der Waals surface area contributed by atoms with E-state index in [0.717, 1.165) is 0 Å². The van der Waals surface area contributed by atoms with Crippen LogP contribution in [0.5, 0.6) is 0 Å². The van der Waals surface area contributed by atoms with Gasteiger partial charge in [0.2, 0.25) is 21.8 Å². The maximum Gasteiger partial charge on any atom is 0.243 e. The van der Waals surface area contributed by atoms with Crippen molar-refractivity contribution in [2.75, 3.05) is 28.9 Å². The third-order valence-electron chi connectivity index (χ3n) is 2.52. The molecule has 0 heterocycles. The minimum atomic E-state index is -3.39. The van der Waals surface area contributed by atoms with Crippen LogP contribution in [0.2, 0.25) is 0 Å². The molecule has 0 saturated carbocycles. The molecule has 0 aliphatic carbocycles. The second-order valence-corrected chi connectivity index (χ2v) is 6.37. The van der Waals surface area contributed by atoms with E-state index in [9.17, 15) is 18.0 Å². The van der Waals surface area contributed by atoms with Crippen LogP contribution in [0.4, 0.5) is 11.4 Å². The number of nitrogens with two attached hydrogens (primary N) is 1. The molecule has 1 aromatic rings. The largest absolute Gasteiger partial charge is 0.346 e. The predicted octanol–water partition coefficient (Wildman–Crippen LogP) is -0.148. The Morgan fingerprint density at radius 2 is 1.86 bits per heavy atom. The average molecular weight is 328 g/mol. The van der Waals surface area contributed by atoms with Crippen molar-refractivity contribution in [1.82, 2.24) is 5.32 Å². The first-order valence-electron chi connectivity index (χ1n) is 6.73. The number of carbonyl (C=O) groups is 2. The zero-order valence-corrected chi connectivity index (χ0v) is 13.1. The molecule has 0 aromatic heterocycles. The summed E-state index contributed by atoms with van der Waals surface area (Å²) in [5.41, 5.74) is 5.88. The molecule has 8 nitrogen and oxygen atoms in total. The highest BCUT2D eigenvalue weighted by atomic mass is 32.2. The van der Waals surface area contributed by atoms with E-state index in [-0.39, 0.29) is 18.8 Å². The quantitative estimate of drug-likeness (QED) is 0.527. The van der Waals surface area contributed by atoms with Gasteiger partial charge in [0.1, 0.15) is 0 Å². The van der Waals surface area contributed by atoms with Gasteiger partial charge in [-0.05, 0) is 24.6 Å². The Hall–Kier alpha value is -2.13. The molecule has 0 aliphatic heterocycles. The van der Waals surface area contributed by atoms with Gasteiger partial charge in [0.15, 0.2) is 0 Å². The molecule has 0 fully saturated rings. The zero-order chi connectivity index (χ0) is 16.6. The van der Waals surface area contributed by atoms with E-state index in [1.807, 2.05) is 0 Å². The number of nitrogens with one attached hydrogen (secondary N) is 3. The Kier molecular flexibility index (Phi) is 6.80. The lowest BCUT2D eigenvalue weighted by molar-refractivity contribution is -0.123. The molecule has 0 saturated heterocycles. The smallest absolute Gasteiger partial charge is 0.243 e. The molecular weight excluding hydrogens is 308 g/mol. The van der Waals surface area contributed by atoms with Crippen LogP contribution in [-0.4, -0.2) is 39.1 Å². The summed E-state index contributed by atoms with van der Waals surface area (Å²) in [5, 5.41) is 4.88. The lowest BCUT2D eigenvalue weighted by Crippen LogP contribution is -2.36. The number of carbonyl (C=O) groups excluding carboxylic acids is 2. The number of benzene rings is 1. The molecule has 0 spiro atoms. The van der Waals surface area contributed by atoms with Crippen molar-refractivity contribution in [3.8, 4) is 0 Å². The number of rotatable bonds is 8. The minimum absolute atomic E-state index is 0.0225. The highest BCUT2D eigenvalue weighted by Gasteiger charge is 2.10. The number of anilines is 2. The van der Waals surface area contributed by atoms with Crippen LogP contribution in [0, 0.1) is 0 Å². The Morgan fingerprint density at radius 1 is 1.18 bits per heavy atom. The number of hydrogen-bond donors (Lipinski definition) is 4.